The van der Waals surface area contributed by atoms with Gasteiger partial charge in [0.15, 0.2) is 0 Å². The number of methoxy groups -OCH3 is 2. The SMILES string of the molecule is COCCCN1C(=O)C(=O)/C(=C(\O)c2ccc(OC)c(C)c2)C1c1ccco1. The Morgan fingerprint density at radius 3 is 2.64 bits per heavy atom. The van der Waals surface area contributed by atoms with Crippen LogP contribution in [-0.4, -0.2) is 49.1 Å². The van der Waals surface area contributed by atoms with Crippen molar-refractivity contribution in [1.82, 2.24) is 4.90 Å². The van der Waals surface area contributed by atoms with Crippen LogP contribution < -0.4 is 4.74 Å². The number of rotatable bonds is 7. The number of carbonyl (C=O) groups excluding carboxylic acids is 2. The molecule has 1 aliphatic heterocycles. The van der Waals surface area contributed by atoms with E-state index in [4.69, 9.17) is 13.9 Å². The van der Waals surface area contributed by atoms with Crippen LogP contribution in [0.15, 0.2) is 46.6 Å². The molecule has 0 saturated carbocycles. The molecule has 28 heavy (non-hydrogen) atoms. The van der Waals surface area contributed by atoms with E-state index in [1.807, 2.05) is 6.92 Å². The van der Waals surface area contributed by atoms with Crippen molar-refractivity contribution < 1.29 is 28.6 Å². The molecule has 3 rings (SSSR count). The lowest BCUT2D eigenvalue weighted by molar-refractivity contribution is -0.140. The van der Waals surface area contributed by atoms with Crippen molar-refractivity contribution in [2.24, 2.45) is 0 Å². The molecule has 1 unspecified atom stereocenters. The number of furan rings is 1. The van der Waals surface area contributed by atoms with Crippen LogP contribution >= 0.6 is 0 Å². The number of aliphatic hydroxyl groups excluding tert-OH is 1. The molecule has 2 aromatic rings. The Hall–Kier alpha value is -3.06. The Morgan fingerprint density at radius 2 is 2.04 bits per heavy atom. The van der Waals surface area contributed by atoms with Gasteiger partial charge in [-0.05, 0) is 49.2 Å². The number of carbonyl (C=O) groups is 2. The number of amides is 1. The summed E-state index contributed by atoms with van der Waals surface area (Å²) in [5, 5.41) is 10.9. The fourth-order valence-corrected chi connectivity index (χ4v) is 3.41. The molecule has 0 aliphatic carbocycles. The average molecular weight is 385 g/mol. The normalized spacial score (nSPS) is 18.7. The second-order valence-corrected chi connectivity index (χ2v) is 6.54. The number of hydrogen-bond acceptors (Lipinski definition) is 6. The minimum atomic E-state index is -0.783. The Balaban J connectivity index is 2.08. The third kappa shape index (κ3) is 3.53. The zero-order valence-corrected chi connectivity index (χ0v) is 16.1. The molecule has 1 fully saturated rings. The van der Waals surface area contributed by atoms with Crippen LogP contribution in [0.1, 0.15) is 29.3 Å². The van der Waals surface area contributed by atoms with E-state index >= 15 is 0 Å². The number of ketones is 1. The molecule has 1 aromatic carbocycles. The first-order valence-corrected chi connectivity index (χ1v) is 8.95. The van der Waals surface area contributed by atoms with Crippen LogP contribution in [0.2, 0.25) is 0 Å². The summed E-state index contributed by atoms with van der Waals surface area (Å²) >= 11 is 0. The van der Waals surface area contributed by atoms with E-state index in [1.165, 1.54) is 11.2 Å². The zero-order valence-electron chi connectivity index (χ0n) is 16.1. The van der Waals surface area contributed by atoms with Gasteiger partial charge in [0, 0.05) is 25.8 Å². The standard InChI is InChI=1S/C21H23NO6/c1-13-12-14(7-8-15(13)27-3)19(23)17-18(16-6-4-11-28-16)22(9-5-10-26-2)21(25)20(17)24/h4,6-8,11-12,18,23H,5,9-10H2,1-3H3/b19-17-. The highest BCUT2D eigenvalue weighted by molar-refractivity contribution is 6.46. The lowest BCUT2D eigenvalue weighted by atomic mass is 9.98. The van der Waals surface area contributed by atoms with Crippen LogP contribution in [0.5, 0.6) is 5.75 Å². The Kier molecular flexibility index (Phi) is 5.84. The maximum atomic E-state index is 12.8. The smallest absolute Gasteiger partial charge is 0.295 e. The van der Waals surface area contributed by atoms with Gasteiger partial charge < -0.3 is 23.9 Å². The first-order chi connectivity index (χ1) is 13.5. The number of aryl methyl sites for hydroxylation is 1. The number of aliphatic hydroxyl groups is 1. The summed E-state index contributed by atoms with van der Waals surface area (Å²) in [5.41, 5.74) is 1.25. The number of benzene rings is 1. The van der Waals surface area contributed by atoms with Crippen molar-refractivity contribution in [3.63, 3.8) is 0 Å². The molecule has 0 radical (unpaired) electrons. The highest BCUT2D eigenvalue weighted by Gasteiger charge is 2.47. The Morgan fingerprint density at radius 1 is 1.25 bits per heavy atom. The maximum Gasteiger partial charge on any atom is 0.295 e. The molecule has 0 spiro atoms. The Labute approximate surface area is 163 Å². The molecule has 1 N–H and O–H groups in total. The van der Waals surface area contributed by atoms with Gasteiger partial charge in [-0.25, -0.2) is 0 Å². The molecule has 1 atom stereocenters. The van der Waals surface area contributed by atoms with E-state index < -0.39 is 17.7 Å². The van der Waals surface area contributed by atoms with E-state index in [9.17, 15) is 14.7 Å². The van der Waals surface area contributed by atoms with Gasteiger partial charge in [0.05, 0.1) is 18.9 Å². The topological polar surface area (TPSA) is 89.2 Å². The number of likely N-dealkylation sites (tertiary alicyclic amines) is 1. The van der Waals surface area contributed by atoms with Crippen LogP contribution in [0, 0.1) is 6.92 Å². The minimum Gasteiger partial charge on any atom is -0.507 e. The molecule has 1 amide bonds. The molecule has 7 nitrogen and oxygen atoms in total. The van der Waals surface area contributed by atoms with Gasteiger partial charge in [-0.3, -0.25) is 9.59 Å². The van der Waals surface area contributed by atoms with E-state index in [0.29, 0.717) is 36.6 Å². The molecule has 2 heterocycles. The molecular formula is C21H23NO6. The molecule has 1 aliphatic rings. The summed E-state index contributed by atoms with van der Waals surface area (Å²) in [5.74, 6) is -0.545. The highest BCUT2D eigenvalue weighted by atomic mass is 16.5. The fourth-order valence-electron chi connectivity index (χ4n) is 3.41. The summed E-state index contributed by atoms with van der Waals surface area (Å²) in [6.45, 7) is 2.59. The minimum absolute atomic E-state index is 0.0157. The summed E-state index contributed by atoms with van der Waals surface area (Å²) in [7, 11) is 3.13. The summed E-state index contributed by atoms with van der Waals surface area (Å²) < 4.78 is 15.8. The van der Waals surface area contributed by atoms with Crippen molar-refractivity contribution in [1.29, 1.82) is 0 Å². The lowest BCUT2D eigenvalue weighted by Crippen LogP contribution is -2.31. The number of Topliss-reactive ketones (excluding diaryl/α,β-unsaturated/α-hetero) is 1. The van der Waals surface area contributed by atoms with Crippen LogP contribution in [0.3, 0.4) is 0 Å². The van der Waals surface area contributed by atoms with Gasteiger partial charge in [0.25, 0.3) is 11.7 Å². The molecule has 1 saturated heterocycles. The largest absolute Gasteiger partial charge is 0.507 e. The summed E-state index contributed by atoms with van der Waals surface area (Å²) in [6, 6.07) is 7.66. The second-order valence-electron chi connectivity index (χ2n) is 6.54. The van der Waals surface area contributed by atoms with Gasteiger partial charge in [-0.15, -0.1) is 0 Å². The maximum absolute atomic E-state index is 12.8. The number of hydrogen-bond donors (Lipinski definition) is 1. The molecular weight excluding hydrogens is 362 g/mol. The van der Waals surface area contributed by atoms with Crippen molar-refractivity contribution in [2.45, 2.75) is 19.4 Å². The second kappa shape index (κ2) is 8.31. The van der Waals surface area contributed by atoms with Crippen molar-refractivity contribution in [3.05, 3.63) is 59.1 Å². The summed E-state index contributed by atoms with van der Waals surface area (Å²) in [4.78, 5) is 26.8. The highest BCUT2D eigenvalue weighted by Crippen LogP contribution is 2.40. The van der Waals surface area contributed by atoms with Gasteiger partial charge >= 0.3 is 0 Å². The molecule has 7 heteroatoms. The van der Waals surface area contributed by atoms with E-state index in [-0.39, 0.29) is 11.3 Å². The number of ether oxygens (including phenoxy) is 2. The third-order valence-electron chi connectivity index (χ3n) is 4.77. The van der Waals surface area contributed by atoms with Gasteiger partial charge in [-0.2, -0.15) is 0 Å². The van der Waals surface area contributed by atoms with E-state index in [2.05, 4.69) is 0 Å². The van der Waals surface area contributed by atoms with Gasteiger partial charge in [-0.1, -0.05) is 0 Å². The fraction of sp³-hybridized carbons (Fsp3) is 0.333. The molecule has 148 valence electrons. The van der Waals surface area contributed by atoms with Crippen LogP contribution in [0.25, 0.3) is 5.76 Å². The summed E-state index contributed by atoms with van der Waals surface area (Å²) in [6.07, 6.45) is 2.03. The van der Waals surface area contributed by atoms with E-state index in [1.54, 1.807) is 44.6 Å². The third-order valence-corrected chi connectivity index (χ3v) is 4.77. The van der Waals surface area contributed by atoms with Crippen molar-refractivity contribution in [2.75, 3.05) is 27.4 Å². The average Bonchev–Trinajstić information content (AvgIpc) is 3.30. The van der Waals surface area contributed by atoms with Crippen LogP contribution in [-0.2, 0) is 14.3 Å². The van der Waals surface area contributed by atoms with Gasteiger partial charge in [0.2, 0.25) is 0 Å². The Bertz CT molecular complexity index is 900. The van der Waals surface area contributed by atoms with Crippen LogP contribution in [0.4, 0.5) is 0 Å². The molecule has 0 bridgehead atoms. The number of nitrogens with zero attached hydrogens (tertiary/aromatic N) is 1. The quantitative estimate of drug-likeness (QED) is 0.341. The first-order valence-electron chi connectivity index (χ1n) is 8.95. The van der Waals surface area contributed by atoms with Gasteiger partial charge in [0.1, 0.15) is 23.3 Å². The predicted molar refractivity (Wildman–Crippen MR) is 102 cm³/mol. The lowest BCUT2D eigenvalue weighted by Gasteiger charge is -2.23. The zero-order chi connectivity index (χ0) is 20.3. The predicted octanol–water partition coefficient (Wildman–Crippen LogP) is 3.05. The monoisotopic (exact) mass is 385 g/mol. The molecule has 1 aromatic heterocycles. The van der Waals surface area contributed by atoms with Crippen molar-refractivity contribution in [3.8, 4) is 5.75 Å². The van der Waals surface area contributed by atoms with E-state index in [0.717, 1.165) is 5.56 Å². The first kappa shape index (κ1) is 19.7. The van der Waals surface area contributed by atoms with Crippen molar-refractivity contribution >= 4 is 17.4 Å².